The van der Waals surface area contributed by atoms with Gasteiger partial charge in [0.05, 0.1) is 0 Å². The van der Waals surface area contributed by atoms with E-state index in [9.17, 15) is 0 Å². The predicted molar refractivity (Wildman–Crippen MR) is 82.9 cm³/mol. The number of aryl methyl sites for hydroxylation is 1. The zero-order valence-electron chi connectivity index (χ0n) is 11.2. The number of benzene rings is 2. The molecule has 2 aromatic rings. The highest BCUT2D eigenvalue weighted by Gasteiger charge is 2.15. The molecule has 1 heterocycles. The molecule has 0 atom stereocenters. The van der Waals surface area contributed by atoms with Crippen molar-refractivity contribution in [3.63, 3.8) is 0 Å². The highest BCUT2D eigenvalue weighted by Crippen LogP contribution is 2.31. The molecule has 0 amide bonds. The minimum absolute atomic E-state index is 0.797. The third-order valence-electron chi connectivity index (χ3n) is 3.67. The van der Waals surface area contributed by atoms with Gasteiger partial charge in [-0.1, -0.05) is 17.7 Å². The molecule has 0 aromatic heterocycles. The van der Waals surface area contributed by atoms with Gasteiger partial charge in [0.15, 0.2) is 0 Å². The van der Waals surface area contributed by atoms with Crippen LogP contribution in [0.2, 0.25) is 5.02 Å². The van der Waals surface area contributed by atoms with E-state index in [1.165, 1.54) is 11.3 Å². The van der Waals surface area contributed by atoms with Gasteiger partial charge in [-0.15, -0.1) is 0 Å². The molecule has 1 aliphatic heterocycles. The molecule has 0 spiro atoms. The van der Waals surface area contributed by atoms with Crippen LogP contribution in [0, 0.1) is 6.92 Å². The first-order chi connectivity index (χ1) is 9.13. The Balaban J connectivity index is 1.86. The van der Waals surface area contributed by atoms with E-state index in [2.05, 4.69) is 41.5 Å². The summed E-state index contributed by atoms with van der Waals surface area (Å²) in [5, 5.41) is 4.21. The zero-order valence-corrected chi connectivity index (χ0v) is 12.0. The maximum Gasteiger partial charge on any atom is 0.0455 e. The fourth-order valence-electron chi connectivity index (χ4n) is 2.48. The van der Waals surface area contributed by atoms with Crippen LogP contribution in [0.4, 0.5) is 17.1 Å². The van der Waals surface area contributed by atoms with Crippen LogP contribution in [0.1, 0.15) is 11.1 Å². The number of nitrogens with one attached hydrogen (secondary N) is 1. The number of hydrogen-bond acceptors (Lipinski definition) is 2. The summed E-state index contributed by atoms with van der Waals surface area (Å²) >= 11 is 6.15. The average molecular weight is 273 g/mol. The second-order valence-electron chi connectivity index (χ2n) is 5.10. The lowest BCUT2D eigenvalue weighted by Crippen LogP contribution is -2.12. The van der Waals surface area contributed by atoms with E-state index in [0.29, 0.717) is 0 Å². The van der Waals surface area contributed by atoms with Crippen molar-refractivity contribution in [2.75, 3.05) is 23.8 Å². The maximum absolute atomic E-state index is 6.15. The summed E-state index contributed by atoms with van der Waals surface area (Å²) in [4.78, 5) is 2.29. The van der Waals surface area contributed by atoms with E-state index in [1.54, 1.807) is 0 Å². The first-order valence-electron chi connectivity index (χ1n) is 6.51. The van der Waals surface area contributed by atoms with Crippen molar-refractivity contribution in [1.82, 2.24) is 0 Å². The van der Waals surface area contributed by atoms with Gasteiger partial charge in [0, 0.05) is 35.7 Å². The molecular formula is C16H17ClN2. The van der Waals surface area contributed by atoms with Gasteiger partial charge >= 0.3 is 0 Å². The first-order valence-corrected chi connectivity index (χ1v) is 6.88. The van der Waals surface area contributed by atoms with Crippen LogP contribution in [0.3, 0.4) is 0 Å². The molecule has 0 saturated carbocycles. The predicted octanol–water partition coefficient (Wildman–Crippen LogP) is 4.38. The molecule has 2 nitrogen and oxygen atoms in total. The van der Waals surface area contributed by atoms with E-state index in [1.807, 2.05) is 19.1 Å². The van der Waals surface area contributed by atoms with Gasteiger partial charge in [-0.05, 0) is 54.8 Å². The van der Waals surface area contributed by atoms with Crippen LogP contribution in [0.25, 0.3) is 0 Å². The molecule has 0 bridgehead atoms. The van der Waals surface area contributed by atoms with Gasteiger partial charge in [0.2, 0.25) is 0 Å². The summed E-state index contributed by atoms with van der Waals surface area (Å²) < 4.78 is 0. The Labute approximate surface area is 119 Å². The number of anilines is 3. The number of likely N-dealkylation sites (N-methyl/N-ethyl adjacent to an activating group) is 1. The van der Waals surface area contributed by atoms with Crippen LogP contribution in [-0.2, 0) is 6.42 Å². The normalized spacial score (nSPS) is 13.5. The van der Waals surface area contributed by atoms with E-state index in [-0.39, 0.29) is 0 Å². The largest absolute Gasteiger partial charge is 0.374 e. The summed E-state index contributed by atoms with van der Waals surface area (Å²) in [5.41, 5.74) is 6.00. The van der Waals surface area contributed by atoms with E-state index in [4.69, 9.17) is 11.6 Å². The number of nitrogens with zero attached hydrogens (tertiary/aromatic N) is 1. The maximum atomic E-state index is 6.15. The lowest BCUT2D eigenvalue weighted by Gasteiger charge is -2.13. The average Bonchev–Trinajstić information content (AvgIpc) is 2.75. The van der Waals surface area contributed by atoms with E-state index in [0.717, 1.165) is 34.9 Å². The van der Waals surface area contributed by atoms with Crippen molar-refractivity contribution in [2.45, 2.75) is 13.3 Å². The van der Waals surface area contributed by atoms with Gasteiger partial charge in [-0.3, -0.25) is 0 Å². The summed E-state index contributed by atoms with van der Waals surface area (Å²) in [6, 6.07) is 12.6. The molecule has 0 fully saturated rings. The Hall–Kier alpha value is -1.67. The molecule has 98 valence electrons. The number of hydrogen-bond donors (Lipinski definition) is 1. The van der Waals surface area contributed by atoms with Crippen LogP contribution in [0.15, 0.2) is 36.4 Å². The number of rotatable bonds is 2. The van der Waals surface area contributed by atoms with Crippen LogP contribution >= 0.6 is 11.6 Å². The quantitative estimate of drug-likeness (QED) is 0.873. The minimum atomic E-state index is 0.797. The molecular weight excluding hydrogens is 256 g/mol. The first kappa shape index (κ1) is 12.4. The number of fused-ring (bicyclic) bond motifs is 1. The van der Waals surface area contributed by atoms with Gasteiger partial charge < -0.3 is 10.2 Å². The second kappa shape index (κ2) is 4.78. The van der Waals surface area contributed by atoms with Gasteiger partial charge in [0.25, 0.3) is 0 Å². The Bertz CT molecular complexity index is 622. The van der Waals surface area contributed by atoms with Crippen molar-refractivity contribution < 1.29 is 0 Å². The van der Waals surface area contributed by atoms with E-state index >= 15 is 0 Å². The van der Waals surface area contributed by atoms with Crippen molar-refractivity contribution in [1.29, 1.82) is 0 Å². The Morgan fingerprint density at radius 3 is 2.63 bits per heavy atom. The number of halogens is 1. The fourth-order valence-corrected chi connectivity index (χ4v) is 2.66. The lowest BCUT2D eigenvalue weighted by molar-refractivity contribution is 0.956. The molecule has 19 heavy (non-hydrogen) atoms. The molecule has 2 aromatic carbocycles. The minimum Gasteiger partial charge on any atom is -0.374 e. The highest BCUT2D eigenvalue weighted by atomic mass is 35.5. The summed E-state index contributed by atoms with van der Waals surface area (Å²) in [6.45, 7) is 3.12. The molecule has 1 N–H and O–H groups in total. The van der Waals surface area contributed by atoms with Gasteiger partial charge in [0.1, 0.15) is 0 Å². The molecule has 0 unspecified atom stereocenters. The Morgan fingerprint density at radius 2 is 1.84 bits per heavy atom. The van der Waals surface area contributed by atoms with Crippen LogP contribution in [0.5, 0.6) is 0 Å². The lowest BCUT2D eigenvalue weighted by atomic mass is 10.1. The standard InChI is InChI=1S/C16H17ClN2/c1-11-3-4-14(10-15(11)17)18-13-5-6-16-12(9-13)7-8-19(16)2/h3-6,9-10,18H,7-8H2,1-2H3. The molecule has 0 aliphatic carbocycles. The fraction of sp³-hybridized carbons (Fsp3) is 0.250. The van der Waals surface area contributed by atoms with Crippen LogP contribution in [-0.4, -0.2) is 13.6 Å². The highest BCUT2D eigenvalue weighted by molar-refractivity contribution is 6.31. The Kier molecular flexibility index (Phi) is 3.11. The topological polar surface area (TPSA) is 15.3 Å². The third-order valence-corrected chi connectivity index (χ3v) is 4.08. The molecule has 3 heteroatoms. The van der Waals surface area contributed by atoms with Gasteiger partial charge in [-0.2, -0.15) is 0 Å². The molecule has 0 saturated heterocycles. The molecule has 3 rings (SSSR count). The van der Waals surface area contributed by atoms with E-state index < -0.39 is 0 Å². The third kappa shape index (κ3) is 2.41. The zero-order chi connectivity index (χ0) is 13.4. The smallest absolute Gasteiger partial charge is 0.0455 e. The van der Waals surface area contributed by atoms with Crippen molar-refractivity contribution in [3.05, 3.63) is 52.5 Å². The summed E-state index contributed by atoms with van der Waals surface area (Å²) in [6.07, 6.45) is 1.12. The molecule has 0 radical (unpaired) electrons. The Morgan fingerprint density at radius 1 is 1.11 bits per heavy atom. The molecule has 1 aliphatic rings. The van der Waals surface area contributed by atoms with Crippen LogP contribution < -0.4 is 10.2 Å². The van der Waals surface area contributed by atoms with Gasteiger partial charge in [-0.25, -0.2) is 0 Å². The summed E-state index contributed by atoms with van der Waals surface area (Å²) in [7, 11) is 2.14. The SMILES string of the molecule is Cc1ccc(Nc2ccc3c(c2)CCN3C)cc1Cl. The van der Waals surface area contributed by atoms with Crippen molar-refractivity contribution in [2.24, 2.45) is 0 Å². The van der Waals surface area contributed by atoms with Crippen molar-refractivity contribution in [3.8, 4) is 0 Å². The monoisotopic (exact) mass is 272 g/mol. The summed E-state index contributed by atoms with van der Waals surface area (Å²) in [5.74, 6) is 0. The second-order valence-corrected chi connectivity index (χ2v) is 5.51. The van der Waals surface area contributed by atoms with Crippen molar-refractivity contribution >= 4 is 28.7 Å².